The van der Waals surface area contributed by atoms with E-state index < -0.39 is 0 Å². The number of benzene rings is 2. The summed E-state index contributed by atoms with van der Waals surface area (Å²) >= 11 is 1.42. The van der Waals surface area contributed by atoms with Crippen molar-refractivity contribution in [1.29, 1.82) is 0 Å². The van der Waals surface area contributed by atoms with Gasteiger partial charge in [0.05, 0.1) is 37.5 Å². The first kappa shape index (κ1) is 18.0. The summed E-state index contributed by atoms with van der Waals surface area (Å²) in [6.45, 7) is 2.55. The van der Waals surface area contributed by atoms with Gasteiger partial charge in [0.1, 0.15) is 5.75 Å². The smallest absolute Gasteiger partial charge is 0.230 e. The zero-order valence-electron chi connectivity index (χ0n) is 14.9. The molecule has 0 bridgehead atoms. The standard InChI is InChI=1S/C19H20N2O4S/c1-4-25-13-6-7-14-17(11-13)26-19(20-14)21-18(22)10-12-5-8-15(23-2)16(9-12)24-3/h5-9,11H,4,10H2,1-3H3,(H,20,21,22). The van der Waals surface area contributed by atoms with E-state index in [0.717, 1.165) is 21.5 Å². The van der Waals surface area contributed by atoms with Crippen LogP contribution in [-0.2, 0) is 11.2 Å². The number of nitrogens with one attached hydrogen (secondary N) is 1. The molecule has 26 heavy (non-hydrogen) atoms. The van der Waals surface area contributed by atoms with Crippen LogP contribution in [0.15, 0.2) is 36.4 Å². The van der Waals surface area contributed by atoms with Gasteiger partial charge in [-0.2, -0.15) is 0 Å². The maximum absolute atomic E-state index is 12.3. The average Bonchev–Trinajstić information content (AvgIpc) is 3.03. The molecule has 0 atom stereocenters. The zero-order chi connectivity index (χ0) is 18.5. The first-order valence-electron chi connectivity index (χ1n) is 8.17. The molecule has 3 aromatic rings. The van der Waals surface area contributed by atoms with Gasteiger partial charge < -0.3 is 19.5 Å². The summed E-state index contributed by atoms with van der Waals surface area (Å²) in [6.07, 6.45) is 0.223. The lowest BCUT2D eigenvalue weighted by atomic mass is 10.1. The molecule has 0 aliphatic carbocycles. The van der Waals surface area contributed by atoms with Gasteiger partial charge in [0.25, 0.3) is 0 Å². The number of nitrogens with zero attached hydrogens (tertiary/aromatic N) is 1. The number of ether oxygens (including phenoxy) is 3. The van der Waals surface area contributed by atoms with Crippen LogP contribution in [0.2, 0.25) is 0 Å². The third kappa shape index (κ3) is 4.05. The Kier molecular flexibility index (Phi) is 5.58. The first-order chi connectivity index (χ1) is 12.6. The second-order valence-corrected chi connectivity index (χ2v) is 6.53. The van der Waals surface area contributed by atoms with Crippen LogP contribution in [0, 0.1) is 0 Å². The molecule has 136 valence electrons. The number of hydrogen-bond donors (Lipinski definition) is 1. The Morgan fingerprint density at radius 2 is 1.92 bits per heavy atom. The lowest BCUT2D eigenvalue weighted by molar-refractivity contribution is -0.115. The summed E-state index contributed by atoms with van der Waals surface area (Å²) in [4.78, 5) is 16.8. The second kappa shape index (κ2) is 8.05. The number of carbonyl (C=O) groups excluding carboxylic acids is 1. The fourth-order valence-corrected chi connectivity index (χ4v) is 3.46. The van der Waals surface area contributed by atoms with Crippen molar-refractivity contribution in [1.82, 2.24) is 4.98 Å². The van der Waals surface area contributed by atoms with Crippen LogP contribution in [0.25, 0.3) is 10.2 Å². The van der Waals surface area contributed by atoms with Gasteiger partial charge in [-0.25, -0.2) is 4.98 Å². The third-order valence-corrected chi connectivity index (χ3v) is 4.66. The lowest BCUT2D eigenvalue weighted by Gasteiger charge is -2.09. The summed E-state index contributed by atoms with van der Waals surface area (Å²) in [6, 6.07) is 11.1. The highest BCUT2D eigenvalue weighted by atomic mass is 32.1. The number of amides is 1. The quantitative estimate of drug-likeness (QED) is 0.681. The number of methoxy groups -OCH3 is 2. The van der Waals surface area contributed by atoms with Gasteiger partial charge in [0.15, 0.2) is 16.6 Å². The maximum atomic E-state index is 12.3. The predicted octanol–water partition coefficient (Wildman–Crippen LogP) is 3.89. The monoisotopic (exact) mass is 372 g/mol. The molecule has 3 rings (SSSR count). The molecule has 1 heterocycles. The summed E-state index contributed by atoms with van der Waals surface area (Å²) in [5, 5.41) is 3.42. The van der Waals surface area contributed by atoms with Crippen LogP contribution < -0.4 is 19.5 Å². The molecule has 1 aromatic heterocycles. The van der Waals surface area contributed by atoms with Crippen molar-refractivity contribution in [2.75, 3.05) is 26.1 Å². The minimum atomic E-state index is -0.138. The van der Waals surface area contributed by atoms with E-state index in [9.17, 15) is 4.79 Å². The topological polar surface area (TPSA) is 69.7 Å². The Morgan fingerprint density at radius 1 is 1.12 bits per heavy atom. The molecule has 0 fully saturated rings. The Labute approximate surface area is 155 Å². The van der Waals surface area contributed by atoms with Crippen LogP contribution in [0.1, 0.15) is 12.5 Å². The Morgan fingerprint density at radius 3 is 2.65 bits per heavy atom. The maximum Gasteiger partial charge on any atom is 0.230 e. The van der Waals surface area contributed by atoms with Crippen LogP contribution in [0.5, 0.6) is 17.2 Å². The molecule has 1 amide bonds. The molecular weight excluding hydrogens is 352 g/mol. The number of rotatable bonds is 7. The molecular formula is C19H20N2O4S. The van der Waals surface area contributed by atoms with Gasteiger partial charge in [-0.3, -0.25) is 4.79 Å². The largest absolute Gasteiger partial charge is 0.494 e. The van der Waals surface area contributed by atoms with Crippen molar-refractivity contribution in [2.24, 2.45) is 0 Å². The highest BCUT2D eigenvalue weighted by molar-refractivity contribution is 7.22. The second-order valence-electron chi connectivity index (χ2n) is 5.50. The summed E-state index contributed by atoms with van der Waals surface area (Å²) in [5.74, 6) is 1.89. The number of fused-ring (bicyclic) bond motifs is 1. The molecule has 0 radical (unpaired) electrons. The van der Waals surface area contributed by atoms with Crippen molar-refractivity contribution in [3.05, 3.63) is 42.0 Å². The molecule has 1 N–H and O–H groups in total. The normalized spacial score (nSPS) is 10.6. The Balaban J connectivity index is 1.70. The van der Waals surface area contributed by atoms with Crippen LogP contribution >= 0.6 is 11.3 Å². The summed E-state index contributed by atoms with van der Waals surface area (Å²) in [7, 11) is 3.15. The highest BCUT2D eigenvalue weighted by Crippen LogP contribution is 2.30. The van der Waals surface area contributed by atoms with Crippen LogP contribution in [0.4, 0.5) is 5.13 Å². The van der Waals surface area contributed by atoms with Crippen molar-refractivity contribution in [3.63, 3.8) is 0 Å². The molecule has 2 aromatic carbocycles. The van der Waals surface area contributed by atoms with Gasteiger partial charge in [-0.05, 0) is 42.8 Å². The third-order valence-electron chi connectivity index (χ3n) is 3.73. The number of aromatic nitrogens is 1. The Bertz CT molecular complexity index is 923. The fourth-order valence-electron chi connectivity index (χ4n) is 2.55. The van der Waals surface area contributed by atoms with Crippen molar-refractivity contribution < 1.29 is 19.0 Å². The first-order valence-corrected chi connectivity index (χ1v) is 8.98. The van der Waals surface area contributed by atoms with E-state index in [1.807, 2.05) is 31.2 Å². The molecule has 0 saturated heterocycles. The molecule has 0 spiro atoms. The molecule has 0 saturated carbocycles. The van der Waals surface area contributed by atoms with E-state index in [0.29, 0.717) is 23.2 Å². The van der Waals surface area contributed by atoms with Gasteiger partial charge in [-0.15, -0.1) is 0 Å². The Hall–Kier alpha value is -2.80. The minimum Gasteiger partial charge on any atom is -0.494 e. The van der Waals surface area contributed by atoms with Crippen LogP contribution in [0.3, 0.4) is 0 Å². The molecule has 6 nitrogen and oxygen atoms in total. The number of anilines is 1. The van der Waals surface area contributed by atoms with E-state index in [2.05, 4.69) is 10.3 Å². The van der Waals surface area contributed by atoms with Gasteiger partial charge in [0, 0.05) is 0 Å². The minimum absolute atomic E-state index is 0.138. The van der Waals surface area contributed by atoms with Crippen molar-refractivity contribution in [2.45, 2.75) is 13.3 Å². The summed E-state index contributed by atoms with van der Waals surface area (Å²) in [5.41, 5.74) is 1.67. The van der Waals surface area contributed by atoms with Gasteiger partial charge in [-0.1, -0.05) is 17.4 Å². The van der Waals surface area contributed by atoms with Crippen molar-refractivity contribution in [3.8, 4) is 17.2 Å². The number of carbonyl (C=O) groups is 1. The van der Waals surface area contributed by atoms with Gasteiger partial charge >= 0.3 is 0 Å². The molecule has 0 aliphatic heterocycles. The van der Waals surface area contributed by atoms with E-state index in [4.69, 9.17) is 14.2 Å². The molecule has 7 heteroatoms. The number of thiazole rings is 1. The van der Waals surface area contributed by atoms with Crippen LogP contribution in [-0.4, -0.2) is 31.7 Å². The van der Waals surface area contributed by atoms with Gasteiger partial charge in [0.2, 0.25) is 5.91 Å². The van der Waals surface area contributed by atoms with E-state index in [1.54, 1.807) is 26.4 Å². The van der Waals surface area contributed by atoms with E-state index in [-0.39, 0.29) is 12.3 Å². The fraction of sp³-hybridized carbons (Fsp3) is 0.263. The summed E-state index contributed by atoms with van der Waals surface area (Å²) < 4.78 is 16.9. The van der Waals surface area contributed by atoms with E-state index >= 15 is 0 Å². The highest BCUT2D eigenvalue weighted by Gasteiger charge is 2.11. The molecule has 0 aliphatic rings. The predicted molar refractivity (Wildman–Crippen MR) is 103 cm³/mol. The SMILES string of the molecule is CCOc1ccc2nc(NC(=O)Cc3ccc(OC)c(OC)c3)sc2c1. The zero-order valence-corrected chi connectivity index (χ0v) is 15.7. The lowest BCUT2D eigenvalue weighted by Crippen LogP contribution is -2.14. The van der Waals surface area contributed by atoms with E-state index in [1.165, 1.54) is 11.3 Å². The average molecular weight is 372 g/mol. The number of hydrogen-bond acceptors (Lipinski definition) is 6. The van der Waals surface area contributed by atoms with Crippen molar-refractivity contribution >= 4 is 32.6 Å². The molecule has 0 unspecified atom stereocenters.